The predicted molar refractivity (Wildman–Crippen MR) is 78.3 cm³/mol. The number of nitrogens with one attached hydrogen (secondary N) is 1. The first kappa shape index (κ1) is 14.4. The molecule has 0 bridgehead atoms. The number of amides is 1. The van der Waals surface area contributed by atoms with Gasteiger partial charge in [0.25, 0.3) is 0 Å². The summed E-state index contributed by atoms with van der Waals surface area (Å²) in [5, 5.41) is 4.00. The molecular weight excluding hydrogens is 260 g/mol. The second kappa shape index (κ2) is 6.40. The van der Waals surface area contributed by atoms with Crippen LogP contribution in [0.15, 0.2) is 24.3 Å². The van der Waals surface area contributed by atoms with Gasteiger partial charge in [-0.25, -0.2) is 0 Å². The first-order chi connectivity index (χ1) is 9.13. The number of halogens is 1. The first-order valence-electron chi connectivity index (χ1n) is 6.90. The Morgan fingerprint density at radius 2 is 2.16 bits per heavy atom. The molecule has 1 amide bonds. The standard InChI is InChI=1S/C15H21ClN2O/c1-3-18(12-8-9-12)15(19)10-17-11(2)13-6-4-5-7-14(13)16/h4-7,11-12,17H,3,8-10H2,1-2H3/t11-/m1/s1. The molecule has 3 nitrogen and oxygen atoms in total. The maximum Gasteiger partial charge on any atom is 0.236 e. The Morgan fingerprint density at radius 1 is 1.47 bits per heavy atom. The van der Waals surface area contributed by atoms with Gasteiger partial charge in [0.1, 0.15) is 0 Å². The van der Waals surface area contributed by atoms with Crippen molar-refractivity contribution in [1.29, 1.82) is 0 Å². The minimum Gasteiger partial charge on any atom is -0.339 e. The lowest BCUT2D eigenvalue weighted by molar-refractivity contribution is -0.130. The molecule has 0 aromatic heterocycles. The summed E-state index contributed by atoms with van der Waals surface area (Å²) in [6.45, 7) is 5.23. The van der Waals surface area contributed by atoms with Crippen LogP contribution in [0, 0.1) is 0 Å². The summed E-state index contributed by atoms with van der Waals surface area (Å²) in [6.07, 6.45) is 2.30. The van der Waals surface area contributed by atoms with Gasteiger partial charge in [0, 0.05) is 23.7 Å². The highest BCUT2D eigenvalue weighted by molar-refractivity contribution is 6.31. The molecule has 0 aliphatic heterocycles. The summed E-state index contributed by atoms with van der Waals surface area (Å²) in [5.41, 5.74) is 1.03. The summed E-state index contributed by atoms with van der Waals surface area (Å²) in [6, 6.07) is 8.30. The number of carbonyl (C=O) groups is 1. The van der Waals surface area contributed by atoms with Gasteiger partial charge in [0.15, 0.2) is 0 Å². The third-order valence-corrected chi connectivity index (χ3v) is 3.92. The number of hydrogen-bond donors (Lipinski definition) is 1. The number of rotatable bonds is 6. The first-order valence-corrected chi connectivity index (χ1v) is 7.28. The molecule has 1 aromatic carbocycles. The van der Waals surface area contributed by atoms with E-state index in [0.717, 1.165) is 30.0 Å². The van der Waals surface area contributed by atoms with Crippen LogP contribution in [0.1, 0.15) is 38.3 Å². The quantitative estimate of drug-likeness (QED) is 0.869. The van der Waals surface area contributed by atoms with Gasteiger partial charge in [-0.1, -0.05) is 29.8 Å². The van der Waals surface area contributed by atoms with Crippen molar-refractivity contribution >= 4 is 17.5 Å². The van der Waals surface area contributed by atoms with Crippen LogP contribution < -0.4 is 5.32 Å². The molecule has 0 unspecified atom stereocenters. The number of nitrogens with zero attached hydrogens (tertiary/aromatic N) is 1. The van der Waals surface area contributed by atoms with Gasteiger partial charge in [0.2, 0.25) is 5.91 Å². The molecule has 1 aromatic rings. The van der Waals surface area contributed by atoms with E-state index in [9.17, 15) is 4.79 Å². The van der Waals surface area contributed by atoms with Crippen LogP contribution in [0.3, 0.4) is 0 Å². The fourth-order valence-corrected chi connectivity index (χ4v) is 2.60. The summed E-state index contributed by atoms with van der Waals surface area (Å²) in [5.74, 6) is 0.184. The zero-order chi connectivity index (χ0) is 13.8. The number of carbonyl (C=O) groups excluding carboxylic acids is 1. The van der Waals surface area contributed by atoms with Crippen LogP contribution in [-0.2, 0) is 4.79 Å². The van der Waals surface area contributed by atoms with Crippen LogP contribution in [-0.4, -0.2) is 29.9 Å². The topological polar surface area (TPSA) is 32.3 Å². The van der Waals surface area contributed by atoms with Crippen molar-refractivity contribution < 1.29 is 4.79 Å². The molecule has 1 fully saturated rings. The van der Waals surface area contributed by atoms with Gasteiger partial charge in [-0.3, -0.25) is 4.79 Å². The van der Waals surface area contributed by atoms with E-state index in [4.69, 9.17) is 11.6 Å². The third-order valence-electron chi connectivity index (χ3n) is 3.58. The summed E-state index contributed by atoms with van der Waals surface area (Å²) < 4.78 is 0. The molecule has 1 saturated carbocycles. The lowest BCUT2D eigenvalue weighted by atomic mass is 10.1. The van der Waals surface area contributed by atoms with Crippen LogP contribution in [0.4, 0.5) is 0 Å². The van der Waals surface area contributed by atoms with Gasteiger partial charge in [0.05, 0.1) is 6.54 Å². The number of hydrogen-bond acceptors (Lipinski definition) is 2. The molecule has 0 heterocycles. The largest absolute Gasteiger partial charge is 0.339 e. The Balaban J connectivity index is 1.88. The minimum absolute atomic E-state index is 0.0792. The summed E-state index contributed by atoms with van der Waals surface area (Å²) in [4.78, 5) is 14.1. The van der Waals surface area contributed by atoms with Crippen molar-refractivity contribution in [2.45, 2.75) is 38.8 Å². The second-order valence-electron chi connectivity index (χ2n) is 5.04. The smallest absolute Gasteiger partial charge is 0.236 e. The van der Waals surface area contributed by atoms with E-state index in [1.54, 1.807) is 0 Å². The Hall–Kier alpha value is -1.06. The fraction of sp³-hybridized carbons (Fsp3) is 0.533. The van der Waals surface area contributed by atoms with Gasteiger partial charge in [-0.2, -0.15) is 0 Å². The molecule has 1 aliphatic carbocycles. The van der Waals surface area contributed by atoms with Crippen molar-refractivity contribution in [1.82, 2.24) is 10.2 Å². The lowest BCUT2D eigenvalue weighted by Gasteiger charge is -2.22. The Bertz CT molecular complexity index is 446. The van der Waals surface area contributed by atoms with Crippen molar-refractivity contribution in [3.05, 3.63) is 34.9 Å². The van der Waals surface area contributed by atoms with Crippen LogP contribution in [0.5, 0.6) is 0 Å². The fourth-order valence-electron chi connectivity index (χ4n) is 2.30. The van der Waals surface area contributed by atoms with Crippen molar-refractivity contribution in [2.24, 2.45) is 0 Å². The van der Waals surface area contributed by atoms with E-state index in [1.807, 2.05) is 43.0 Å². The Morgan fingerprint density at radius 3 is 2.74 bits per heavy atom. The highest BCUT2D eigenvalue weighted by Gasteiger charge is 2.31. The summed E-state index contributed by atoms with van der Waals surface area (Å²) in [7, 11) is 0. The van der Waals surface area contributed by atoms with Gasteiger partial charge >= 0.3 is 0 Å². The minimum atomic E-state index is 0.0792. The normalized spacial score (nSPS) is 16.2. The van der Waals surface area contributed by atoms with Crippen molar-refractivity contribution in [3.8, 4) is 0 Å². The van der Waals surface area contributed by atoms with Gasteiger partial charge in [-0.05, 0) is 38.3 Å². The van der Waals surface area contributed by atoms with E-state index in [0.29, 0.717) is 12.6 Å². The average Bonchev–Trinajstić information content (AvgIpc) is 3.22. The van der Waals surface area contributed by atoms with Crippen molar-refractivity contribution in [3.63, 3.8) is 0 Å². The molecule has 0 saturated heterocycles. The number of likely N-dealkylation sites (N-methyl/N-ethyl adjacent to an activating group) is 1. The molecule has 104 valence electrons. The zero-order valence-electron chi connectivity index (χ0n) is 11.5. The molecule has 0 spiro atoms. The SMILES string of the molecule is CCN(C(=O)CN[C@H](C)c1ccccc1Cl)C1CC1. The van der Waals surface area contributed by atoms with Gasteiger partial charge in [-0.15, -0.1) is 0 Å². The maximum absolute atomic E-state index is 12.1. The Labute approximate surface area is 119 Å². The molecule has 1 aliphatic rings. The zero-order valence-corrected chi connectivity index (χ0v) is 12.3. The molecule has 1 atom stereocenters. The van der Waals surface area contributed by atoms with Crippen LogP contribution in [0.2, 0.25) is 5.02 Å². The van der Waals surface area contributed by atoms with E-state index in [2.05, 4.69) is 5.32 Å². The van der Waals surface area contributed by atoms with E-state index < -0.39 is 0 Å². The molecule has 2 rings (SSSR count). The van der Waals surface area contributed by atoms with E-state index >= 15 is 0 Å². The lowest BCUT2D eigenvalue weighted by Crippen LogP contribution is -2.40. The highest BCUT2D eigenvalue weighted by Crippen LogP contribution is 2.26. The van der Waals surface area contributed by atoms with Gasteiger partial charge < -0.3 is 10.2 Å². The highest BCUT2D eigenvalue weighted by atomic mass is 35.5. The summed E-state index contributed by atoms with van der Waals surface area (Å²) >= 11 is 6.15. The molecule has 1 N–H and O–H groups in total. The average molecular weight is 281 g/mol. The maximum atomic E-state index is 12.1. The molecule has 4 heteroatoms. The second-order valence-corrected chi connectivity index (χ2v) is 5.44. The van der Waals surface area contributed by atoms with E-state index in [1.165, 1.54) is 0 Å². The monoisotopic (exact) mass is 280 g/mol. The predicted octanol–water partition coefficient (Wildman–Crippen LogP) is 3.00. The molecule has 19 heavy (non-hydrogen) atoms. The molecular formula is C15H21ClN2O. The molecule has 0 radical (unpaired) electrons. The van der Waals surface area contributed by atoms with E-state index in [-0.39, 0.29) is 11.9 Å². The number of benzene rings is 1. The van der Waals surface area contributed by atoms with Crippen molar-refractivity contribution in [2.75, 3.05) is 13.1 Å². The Kier molecular flexibility index (Phi) is 4.83. The van der Waals surface area contributed by atoms with Crippen LogP contribution in [0.25, 0.3) is 0 Å². The van der Waals surface area contributed by atoms with Crippen LogP contribution >= 0.6 is 11.6 Å². The third kappa shape index (κ3) is 3.71.